The van der Waals surface area contributed by atoms with Crippen LogP contribution in [0.3, 0.4) is 0 Å². The number of hydrogen-bond acceptors (Lipinski definition) is 4. The van der Waals surface area contributed by atoms with E-state index in [1.54, 1.807) is 0 Å². The molecule has 0 spiro atoms. The SMILES string of the molecule is CC(C)Oc1cccnc1N1CCC(C)C(CN)C1. The van der Waals surface area contributed by atoms with Gasteiger partial charge in [0.05, 0.1) is 6.10 Å². The maximum atomic E-state index is 5.87. The lowest BCUT2D eigenvalue weighted by molar-refractivity contribution is 0.239. The molecule has 0 aromatic carbocycles. The van der Waals surface area contributed by atoms with Crippen LogP contribution >= 0.6 is 0 Å². The molecule has 0 saturated carbocycles. The number of rotatable bonds is 4. The zero-order valence-corrected chi connectivity index (χ0v) is 12.2. The number of nitrogens with two attached hydrogens (primary N) is 1. The molecule has 1 fully saturated rings. The first-order chi connectivity index (χ1) is 9.11. The third-order valence-electron chi connectivity index (χ3n) is 3.83. The molecule has 4 heteroatoms. The smallest absolute Gasteiger partial charge is 0.171 e. The highest BCUT2D eigenvalue weighted by molar-refractivity contribution is 5.52. The van der Waals surface area contributed by atoms with Crippen molar-refractivity contribution in [2.24, 2.45) is 17.6 Å². The Morgan fingerprint density at radius 2 is 2.32 bits per heavy atom. The van der Waals surface area contributed by atoms with Crippen molar-refractivity contribution in [1.82, 2.24) is 4.98 Å². The topological polar surface area (TPSA) is 51.4 Å². The van der Waals surface area contributed by atoms with Crippen molar-refractivity contribution in [1.29, 1.82) is 0 Å². The second-order valence-corrected chi connectivity index (χ2v) is 5.70. The number of ether oxygens (including phenoxy) is 1. The van der Waals surface area contributed by atoms with Crippen LogP contribution in [0.15, 0.2) is 18.3 Å². The molecule has 0 bridgehead atoms. The Labute approximate surface area is 116 Å². The fraction of sp³-hybridized carbons (Fsp3) is 0.667. The maximum absolute atomic E-state index is 5.87. The van der Waals surface area contributed by atoms with Gasteiger partial charge in [-0.1, -0.05) is 6.92 Å². The van der Waals surface area contributed by atoms with Gasteiger partial charge >= 0.3 is 0 Å². The first-order valence-corrected chi connectivity index (χ1v) is 7.18. The Kier molecular flexibility index (Phi) is 4.64. The standard InChI is InChI=1S/C15H25N3O/c1-11(2)19-14-5-4-7-17-15(14)18-8-6-12(3)13(9-16)10-18/h4-5,7,11-13H,6,8-10,16H2,1-3H3. The fourth-order valence-corrected chi connectivity index (χ4v) is 2.61. The van der Waals surface area contributed by atoms with Crippen LogP contribution in [0.2, 0.25) is 0 Å². The molecule has 106 valence electrons. The number of aromatic nitrogens is 1. The average molecular weight is 263 g/mol. The molecule has 1 aromatic heterocycles. The highest BCUT2D eigenvalue weighted by Gasteiger charge is 2.27. The van der Waals surface area contributed by atoms with Crippen molar-refractivity contribution >= 4 is 5.82 Å². The summed E-state index contributed by atoms with van der Waals surface area (Å²) in [5.41, 5.74) is 5.87. The molecule has 1 saturated heterocycles. The summed E-state index contributed by atoms with van der Waals surface area (Å²) in [6, 6.07) is 3.92. The summed E-state index contributed by atoms with van der Waals surface area (Å²) in [7, 11) is 0. The minimum absolute atomic E-state index is 0.164. The third kappa shape index (κ3) is 3.38. The van der Waals surface area contributed by atoms with Crippen molar-refractivity contribution in [3.8, 4) is 5.75 Å². The Balaban J connectivity index is 2.17. The minimum atomic E-state index is 0.164. The normalized spacial score (nSPS) is 23.7. The van der Waals surface area contributed by atoms with Gasteiger partial charge in [-0.15, -0.1) is 0 Å². The Morgan fingerprint density at radius 3 is 3.00 bits per heavy atom. The van der Waals surface area contributed by atoms with Crippen LogP contribution in [-0.4, -0.2) is 30.7 Å². The van der Waals surface area contributed by atoms with Gasteiger partial charge in [0, 0.05) is 19.3 Å². The molecule has 2 heterocycles. The first-order valence-electron chi connectivity index (χ1n) is 7.18. The fourth-order valence-electron chi connectivity index (χ4n) is 2.61. The summed E-state index contributed by atoms with van der Waals surface area (Å²) in [5.74, 6) is 3.08. The Hall–Kier alpha value is -1.29. The number of pyridine rings is 1. The van der Waals surface area contributed by atoms with E-state index < -0.39 is 0 Å². The van der Waals surface area contributed by atoms with E-state index in [0.717, 1.165) is 31.2 Å². The largest absolute Gasteiger partial charge is 0.487 e. The van der Waals surface area contributed by atoms with Crippen LogP contribution in [0, 0.1) is 11.8 Å². The van der Waals surface area contributed by atoms with Crippen LogP contribution in [-0.2, 0) is 0 Å². The molecule has 2 N–H and O–H groups in total. The van der Waals surface area contributed by atoms with E-state index in [4.69, 9.17) is 10.5 Å². The van der Waals surface area contributed by atoms with Crippen LogP contribution in [0.1, 0.15) is 27.2 Å². The maximum Gasteiger partial charge on any atom is 0.171 e. The highest BCUT2D eigenvalue weighted by atomic mass is 16.5. The van der Waals surface area contributed by atoms with Gasteiger partial charge in [-0.3, -0.25) is 0 Å². The minimum Gasteiger partial charge on any atom is -0.487 e. The lowest BCUT2D eigenvalue weighted by Crippen LogP contribution is -2.43. The first kappa shape index (κ1) is 14.1. The van der Waals surface area contributed by atoms with Crippen molar-refractivity contribution in [3.05, 3.63) is 18.3 Å². The molecule has 2 atom stereocenters. The van der Waals surface area contributed by atoms with Gasteiger partial charge in [-0.05, 0) is 50.8 Å². The quantitative estimate of drug-likeness (QED) is 0.905. The van der Waals surface area contributed by atoms with E-state index in [1.165, 1.54) is 6.42 Å². The molecule has 1 aliphatic heterocycles. The van der Waals surface area contributed by atoms with E-state index in [1.807, 2.05) is 32.2 Å². The molecule has 0 radical (unpaired) electrons. The number of piperidine rings is 1. The van der Waals surface area contributed by atoms with Gasteiger partial charge in [-0.25, -0.2) is 4.98 Å². The van der Waals surface area contributed by atoms with E-state index in [0.29, 0.717) is 11.8 Å². The molecule has 0 amide bonds. The van der Waals surface area contributed by atoms with Crippen molar-refractivity contribution in [3.63, 3.8) is 0 Å². The van der Waals surface area contributed by atoms with Gasteiger partial charge in [0.1, 0.15) is 0 Å². The predicted octanol–water partition coefficient (Wildman–Crippen LogP) is 2.29. The van der Waals surface area contributed by atoms with Crippen LogP contribution in [0.5, 0.6) is 5.75 Å². The van der Waals surface area contributed by atoms with Gasteiger partial charge < -0.3 is 15.4 Å². The second kappa shape index (κ2) is 6.24. The summed E-state index contributed by atoms with van der Waals surface area (Å²) in [4.78, 5) is 6.82. The van der Waals surface area contributed by atoms with Crippen LogP contribution in [0.4, 0.5) is 5.82 Å². The molecular formula is C15H25N3O. The predicted molar refractivity (Wildman–Crippen MR) is 78.5 cm³/mol. The molecule has 4 nitrogen and oxygen atoms in total. The lowest BCUT2D eigenvalue weighted by atomic mass is 9.87. The summed E-state index contributed by atoms with van der Waals surface area (Å²) in [6.45, 7) is 9.12. The molecule has 1 aromatic rings. The molecule has 2 rings (SSSR count). The number of anilines is 1. The molecular weight excluding hydrogens is 238 g/mol. The van der Waals surface area contributed by atoms with E-state index >= 15 is 0 Å². The van der Waals surface area contributed by atoms with Crippen molar-refractivity contribution in [2.45, 2.75) is 33.3 Å². The van der Waals surface area contributed by atoms with Crippen LogP contribution < -0.4 is 15.4 Å². The average Bonchev–Trinajstić information content (AvgIpc) is 2.39. The number of hydrogen-bond donors (Lipinski definition) is 1. The number of nitrogens with zero attached hydrogens (tertiary/aromatic N) is 2. The summed E-state index contributed by atoms with van der Waals surface area (Å²) < 4.78 is 5.86. The van der Waals surface area contributed by atoms with Crippen molar-refractivity contribution in [2.75, 3.05) is 24.5 Å². The van der Waals surface area contributed by atoms with Gasteiger partial charge in [-0.2, -0.15) is 0 Å². The zero-order chi connectivity index (χ0) is 13.8. The van der Waals surface area contributed by atoms with Crippen LogP contribution in [0.25, 0.3) is 0 Å². The summed E-state index contributed by atoms with van der Waals surface area (Å²) in [5, 5.41) is 0. The van der Waals surface area contributed by atoms with Gasteiger partial charge in [0.15, 0.2) is 11.6 Å². The zero-order valence-electron chi connectivity index (χ0n) is 12.2. The summed E-state index contributed by atoms with van der Waals surface area (Å²) in [6.07, 6.45) is 3.16. The molecule has 19 heavy (non-hydrogen) atoms. The van der Waals surface area contributed by atoms with E-state index in [9.17, 15) is 0 Å². The molecule has 0 aliphatic carbocycles. The van der Waals surface area contributed by atoms with Gasteiger partial charge in [0.2, 0.25) is 0 Å². The Morgan fingerprint density at radius 1 is 1.53 bits per heavy atom. The van der Waals surface area contributed by atoms with E-state index in [2.05, 4.69) is 16.8 Å². The van der Waals surface area contributed by atoms with Crippen molar-refractivity contribution < 1.29 is 4.74 Å². The van der Waals surface area contributed by atoms with E-state index in [-0.39, 0.29) is 6.10 Å². The van der Waals surface area contributed by atoms with Gasteiger partial charge in [0.25, 0.3) is 0 Å². The molecule has 2 unspecified atom stereocenters. The lowest BCUT2D eigenvalue weighted by Gasteiger charge is -2.37. The Bertz CT molecular complexity index is 408. The third-order valence-corrected chi connectivity index (χ3v) is 3.83. The second-order valence-electron chi connectivity index (χ2n) is 5.70. The highest BCUT2D eigenvalue weighted by Crippen LogP contribution is 2.31. The molecule has 1 aliphatic rings. The monoisotopic (exact) mass is 263 g/mol. The summed E-state index contributed by atoms with van der Waals surface area (Å²) >= 11 is 0.